The van der Waals surface area contributed by atoms with Crippen LogP contribution in [0.1, 0.15) is 45.2 Å². The Balaban J connectivity index is 1.34. The van der Waals surface area contributed by atoms with Crippen LogP contribution in [-0.4, -0.2) is 35.8 Å². The molecule has 36 heavy (non-hydrogen) atoms. The van der Waals surface area contributed by atoms with Gasteiger partial charge in [0.05, 0.1) is 18.2 Å². The van der Waals surface area contributed by atoms with Crippen LogP contribution < -0.4 is 5.32 Å². The van der Waals surface area contributed by atoms with E-state index in [2.05, 4.69) is 16.4 Å². The van der Waals surface area contributed by atoms with Crippen molar-refractivity contribution in [2.45, 2.75) is 51.7 Å². The minimum Gasteiger partial charge on any atom is -0.462 e. The molecule has 3 fully saturated rings. The van der Waals surface area contributed by atoms with Crippen LogP contribution in [-0.2, 0) is 14.3 Å². The number of hydrogen-bond acceptors (Lipinski definition) is 5. The van der Waals surface area contributed by atoms with Gasteiger partial charge in [-0.25, -0.2) is 9.18 Å². The van der Waals surface area contributed by atoms with E-state index in [1.54, 1.807) is 19.2 Å². The maximum Gasteiger partial charge on any atom is 0.407 e. The number of rotatable bonds is 5. The minimum absolute atomic E-state index is 0.0679. The number of amides is 1. The molecule has 3 aliphatic rings. The summed E-state index contributed by atoms with van der Waals surface area (Å²) in [6.45, 7) is 4.15. The SMILES string of the molecule is CCOC(=O)N[C@@H]1CC[C@H]2[C@@H](C1)C[C@H]1C(=O)O[C@@H](C)[C@@H]1[C@@H]2/C=C/c1ccc(-c2cccc(F)c2)cn1. The molecule has 0 spiro atoms. The fraction of sp³-hybridized carbons (Fsp3) is 0.483. The molecule has 2 heterocycles. The van der Waals surface area contributed by atoms with Crippen LogP contribution in [0.3, 0.4) is 0 Å². The molecule has 2 saturated carbocycles. The quantitative estimate of drug-likeness (QED) is 0.548. The number of carbonyl (C=O) groups excluding carboxylic acids is 2. The van der Waals surface area contributed by atoms with Gasteiger partial charge in [-0.3, -0.25) is 9.78 Å². The molecule has 6 nitrogen and oxygen atoms in total. The first-order chi connectivity index (χ1) is 17.4. The number of aromatic nitrogens is 1. The van der Waals surface area contributed by atoms with Crippen molar-refractivity contribution < 1.29 is 23.5 Å². The molecular formula is C29H33FN2O4. The van der Waals surface area contributed by atoms with Crippen molar-refractivity contribution >= 4 is 18.1 Å². The lowest BCUT2D eigenvalue weighted by molar-refractivity contribution is -0.144. The summed E-state index contributed by atoms with van der Waals surface area (Å²) in [5.74, 6) is 0.629. The highest BCUT2D eigenvalue weighted by Crippen LogP contribution is 2.53. The Hall–Kier alpha value is -3.22. The fourth-order valence-corrected chi connectivity index (χ4v) is 6.64. The van der Waals surface area contributed by atoms with Gasteiger partial charge in [0.2, 0.25) is 0 Å². The molecule has 1 aromatic carbocycles. The Morgan fingerprint density at radius 3 is 2.83 bits per heavy atom. The minimum atomic E-state index is -0.368. The third-order valence-corrected chi connectivity index (χ3v) is 8.18. The van der Waals surface area contributed by atoms with E-state index in [4.69, 9.17) is 9.47 Å². The average Bonchev–Trinajstić information content (AvgIpc) is 3.15. The van der Waals surface area contributed by atoms with E-state index in [9.17, 15) is 14.0 Å². The molecule has 7 heteroatoms. The van der Waals surface area contributed by atoms with Crippen LogP contribution in [0.2, 0.25) is 0 Å². The molecule has 1 amide bonds. The standard InChI is InChI=1S/C29H33FN2O4/c1-3-35-29(34)32-23-10-11-24-20(14-23)15-26-27(17(2)36-28(26)33)25(24)12-9-22-8-7-19(16-31-22)18-5-4-6-21(30)13-18/h4-9,12-13,16-17,20,23-27H,3,10-11,14-15H2,1-2H3,(H,32,34)/b12-9+/t17-,20-,23+,24-,25+,26+,27+/m0/s1. The highest BCUT2D eigenvalue weighted by atomic mass is 19.1. The molecule has 0 bridgehead atoms. The largest absolute Gasteiger partial charge is 0.462 e. The summed E-state index contributed by atoms with van der Waals surface area (Å²) < 4.78 is 24.3. The molecule has 0 radical (unpaired) electrons. The number of esters is 1. The molecule has 7 atom stereocenters. The van der Waals surface area contributed by atoms with Crippen molar-refractivity contribution in [3.63, 3.8) is 0 Å². The number of carbonyl (C=O) groups is 2. The lowest BCUT2D eigenvalue weighted by Crippen LogP contribution is -2.48. The lowest BCUT2D eigenvalue weighted by Gasteiger charge is -2.47. The van der Waals surface area contributed by atoms with E-state index in [1.165, 1.54) is 12.1 Å². The number of ether oxygens (including phenoxy) is 2. The predicted octanol–water partition coefficient (Wildman–Crippen LogP) is 5.63. The number of nitrogens with zero attached hydrogens (tertiary/aromatic N) is 1. The van der Waals surface area contributed by atoms with Crippen molar-refractivity contribution in [2.75, 3.05) is 6.61 Å². The van der Waals surface area contributed by atoms with Crippen LogP contribution >= 0.6 is 0 Å². The maximum absolute atomic E-state index is 13.6. The van der Waals surface area contributed by atoms with Crippen molar-refractivity contribution in [1.29, 1.82) is 0 Å². The van der Waals surface area contributed by atoms with Gasteiger partial charge in [0.25, 0.3) is 0 Å². The molecule has 2 aliphatic carbocycles. The summed E-state index contributed by atoms with van der Waals surface area (Å²) in [7, 11) is 0. The van der Waals surface area contributed by atoms with Crippen LogP contribution in [0.25, 0.3) is 17.2 Å². The molecule has 1 saturated heterocycles. The Labute approximate surface area is 211 Å². The number of nitrogens with one attached hydrogen (secondary N) is 1. The summed E-state index contributed by atoms with van der Waals surface area (Å²) in [6.07, 6.45) is 9.07. The molecule has 0 unspecified atom stereocenters. The van der Waals surface area contributed by atoms with Gasteiger partial charge in [-0.05, 0) is 87.1 Å². The third-order valence-electron chi connectivity index (χ3n) is 8.18. The summed E-state index contributed by atoms with van der Waals surface area (Å²) in [5.41, 5.74) is 2.48. The first-order valence-corrected chi connectivity index (χ1v) is 13.0. The Morgan fingerprint density at radius 1 is 1.22 bits per heavy atom. The molecule has 190 valence electrons. The number of halogens is 1. The second-order valence-corrected chi connectivity index (χ2v) is 10.3. The Bertz CT molecular complexity index is 1130. The normalized spacial score (nSPS) is 31.4. The van der Waals surface area contributed by atoms with E-state index >= 15 is 0 Å². The van der Waals surface area contributed by atoms with E-state index < -0.39 is 0 Å². The van der Waals surface area contributed by atoms with Gasteiger partial charge in [-0.15, -0.1) is 0 Å². The smallest absolute Gasteiger partial charge is 0.407 e. The monoisotopic (exact) mass is 492 g/mol. The summed E-state index contributed by atoms with van der Waals surface area (Å²) >= 11 is 0. The molecule has 1 N–H and O–H groups in total. The molecular weight excluding hydrogens is 459 g/mol. The van der Waals surface area contributed by atoms with Crippen molar-refractivity contribution in [3.8, 4) is 11.1 Å². The molecule has 2 aromatic rings. The highest BCUT2D eigenvalue weighted by molar-refractivity contribution is 5.75. The van der Waals surface area contributed by atoms with E-state index in [1.807, 2.05) is 31.2 Å². The second kappa shape index (κ2) is 10.4. The summed E-state index contributed by atoms with van der Waals surface area (Å²) in [6, 6.07) is 10.4. The number of benzene rings is 1. The Morgan fingerprint density at radius 2 is 2.08 bits per heavy atom. The van der Waals surface area contributed by atoms with E-state index in [0.29, 0.717) is 18.4 Å². The van der Waals surface area contributed by atoms with E-state index in [0.717, 1.165) is 42.5 Å². The molecule has 5 rings (SSSR count). The third kappa shape index (κ3) is 5.01. The fourth-order valence-electron chi connectivity index (χ4n) is 6.64. The first-order valence-electron chi connectivity index (χ1n) is 13.0. The number of allylic oxidation sites excluding steroid dienone is 1. The zero-order chi connectivity index (χ0) is 25.2. The van der Waals surface area contributed by atoms with Crippen LogP contribution in [0.5, 0.6) is 0 Å². The highest BCUT2D eigenvalue weighted by Gasteiger charge is 2.54. The number of fused-ring (bicyclic) bond motifs is 2. The lowest BCUT2D eigenvalue weighted by atomic mass is 9.57. The predicted molar refractivity (Wildman–Crippen MR) is 134 cm³/mol. The van der Waals surface area contributed by atoms with Crippen molar-refractivity contribution in [2.24, 2.45) is 29.6 Å². The van der Waals surface area contributed by atoms with Gasteiger partial charge in [0, 0.05) is 23.7 Å². The average molecular weight is 493 g/mol. The number of hydrogen-bond donors (Lipinski definition) is 1. The Kier molecular flexibility index (Phi) is 7.08. The van der Waals surface area contributed by atoms with Gasteiger partial charge in [0.15, 0.2) is 0 Å². The van der Waals surface area contributed by atoms with Crippen LogP contribution in [0.4, 0.5) is 9.18 Å². The van der Waals surface area contributed by atoms with Crippen molar-refractivity contribution in [1.82, 2.24) is 10.3 Å². The van der Waals surface area contributed by atoms with Gasteiger partial charge < -0.3 is 14.8 Å². The number of pyridine rings is 1. The first kappa shape index (κ1) is 24.5. The van der Waals surface area contributed by atoms with Gasteiger partial charge in [0.1, 0.15) is 11.9 Å². The van der Waals surface area contributed by atoms with Gasteiger partial charge in [-0.2, -0.15) is 0 Å². The zero-order valence-corrected chi connectivity index (χ0v) is 20.7. The zero-order valence-electron chi connectivity index (χ0n) is 20.7. The topological polar surface area (TPSA) is 77.5 Å². The van der Waals surface area contributed by atoms with Crippen molar-refractivity contribution in [3.05, 3.63) is 60.2 Å². The van der Waals surface area contributed by atoms with E-state index in [-0.39, 0.29) is 47.8 Å². The molecule has 1 aromatic heterocycles. The van der Waals surface area contributed by atoms with Crippen LogP contribution in [0, 0.1) is 35.4 Å². The maximum atomic E-state index is 13.6. The summed E-state index contributed by atoms with van der Waals surface area (Å²) in [5, 5.41) is 3.00. The van der Waals surface area contributed by atoms with Crippen LogP contribution in [0.15, 0.2) is 48.7 Å². The van der Waals surface area contributed by atoms with Gasteiger partial charge in [-0.1, -0.05) is 24.3 Å². The molecule has 1 aliphatic heterocycles. The number of alkyl carbamates (subject to hydrolysis) is 1. The number of cyclic esters (lactones) is 1. The second-order valence-electron chi connectivity index (χ2n) is 10.3. The van der Waals surface area contributed by atoms with Gasteiger partial charge >= 0.3 is 12.1 Å². The summed E-state index contributed by atoms with van der Waals surface area (Å²) in [4.78, 5) is 29.2.